The number of aromatic amines is 1. The highest BCUT2D eigenvalue weighted by atomic mass is 16.2. The highest BCUT2D eigenvalue weighted by molar-refractivity contribution is 5.19. The van der Waals surface area contributed by atoms with Gasteiger partial charge in [0, 0.05) is 32.3 Å². The van der Waals surface area contributed by atoms with E-state index in [-0.39, 0.29) is 11.2 Å². The third-order valence-corrected chi connectivity index (χ3v) is 2.66. The van der Waals surface area contributed by atoms with Crippen LogP contribution in [0, 0.1) is 5.92 Å². The Kier molecular flexibility index (Phi) is 4.90. The van der Waals surface area contributed by atoms with Crippen molar-refractivity contribution in [2.24, 2.45) is 13.0 Å². The smallest absolute Gasteiger partial charge is 0.311 e. The molecule has 0 atom stereocenters. The molecular formula is C13H23N3O2. The van der Waals surface area contributed by atoms with E-state index in [1.165, 1.54) is 7.05 Å². The van der Waals surface area contributed by atoms with Gasteiger partial charge in [-0.2, -0.15) is 0 Å². The average Bonchev–Trinajstić information content (AvgIpc) is 2.27. The zero-order valence-electron chi connectivity index (χ0n) is 11.9. The zero-order chi connectivity index (χ0) is 13.9. The second-order valence-corrected chi connectivity index (χ2v) is 5.47. The van der Waals surface area contributed by atoms with Gasteiger partial charge in [0.25, 0.3) is 5.56 Å². The quantitative estimate of drug-likeness (QED) is 0.741. The lowest BCUT2D eigenvalue weighted by Gasteiger charge is -2.23. The van der Waals surface area contributed by atoms with Crippen LogP contribution >= 0.6 is 0 Å². The summed E-state index contributed by atoms with van der Waals surface area (Å²) in [6, 6.07) is 0. The first-order chi connectivity index (χ1) is 8.32. The van der Waals surface area contributed by atoms with Crippen molar-refractivity contribution in [1.29, 1.82) is 0 Å². The van der Waals surface area contributed by atoms with Crippen LogP contribution in [0.5, 0.6) is 0 Å². The molecule has 0 radical (unpaired) electrons. The van der Waals surface area contributed by atoms with Gasteiger partial charge >= 0.3 is 5.69 Å². The van der Waals surface area contributed by atoms with Crippen LogP contribution in [-0.2, 0) is 20.0 Å². The summed E-state index contributed by atoms with van der Waals surface area (Å²) < 4.78 is 1.12. The van der Waals surface area contributed by atoms with E-state index in [2.05, 4.69) is 30.7 Å². The lowest BCUT2D eigenvalue weighted by molar-refractivity contribution is 0.305. The fourth-order valence-corrected chi connectivity index (χ4v) is 1.74. The SMILES string of the molecule is CC(C)C.CN1CCc2[nH]c(=O)n(C)c(=O)c2C1. The van der Waals surface area contributed by atoms with E-state index in [0.717, 1.165) is 34.7 Å². The van der Waals surface area contributed by atoms with Gasteiger partial charge < -0.3 is 9.88 Å². The Morgan fingerprint density at radius 1 is 1.17 bits per heavy atom. The molecule has 0 unspecified atom stereocenters. The molecule has 0 aromatic carbocycles. The second kappa shape index (κ2) is 6.00. The van der Waals surface area contributed by atoms with Crippen LogP contribution in [0.3, 0.4) is 0 Å². The maximum Gasteiger partial charge on any atom is 0.328 e. The largest absolute Gasteiger partial charge is 0.328 e. The van der Waals surface area contributed by atoms with Crippen LogP contribution in [-0.4, -0.2) is 28.0 Å². The Balaban J connectivity index is 0.000000357. The molecular weight excluding hydrogens is 230 g/mol. The van der Waals surface area contributed by atoms with Gasteiger partial charge in [-0.15, -0.1) is 0 Å². The first kappa shape index (κ1) is 14.7. The molecule has 1 aliphatic heterocycles. The molecule has 0 fully saturated rings. The van der Waals surface area contributed by atoms with Gasteiger partial charge in [0.1, 0.15) is 0 Å². The molecule has 5 nitrogen and oxygen atoms in total. The normalized spacial score (nSPS) is 15.0. The van der Waals surface area contributed by atoms with Gasteiger partial charge in [0.05, 0.1) is 5.56 Å². The van der Waals surface area contributed by atoms with E-state index in [9.17, 15) is 9.59 Å². The molecule has 102 valence electrons. The van der Waals surface area contributed by atoms with Crippen molar-refractivity contribution in [3.63, 3.8) is 0 Å². The van der Waals surface area contributed by atoms with Crippen molar-refractivity contribution >= 4 is 0 Å². The highest BCUT2D eigenvalue weighted by Crippen LogP contribution is 2.09. The molecule has 0 saturated carbocycles. The summed E-state index contributed by atoms with van der Waals surface area (Å²) in [5.41, 5.74) is 1.03. The first-order valence-electron chi connectivity index (χ1n) is 6.32. The molecule has 1 aliphatic rings. The van der Waals surface area contributed by atoms with Crippen molar-refractivity contribution in [3.8, 4) is 0 Å². The van der Waals surface area contributed by atoms with E-state index in [1.54, 1.807) is 0 Å². The van der Waals surface area contributed by atoms with E-state index < -0.39 is 0 Å². The summed E-state index contributed by atoms with van der Waals surface area (Å²) in [4.78, 5) is 27.8. The number of rotatable bonds is 0. The molecule has 2 rings (SSSR count). The third-order valence-electron chi connectivity index (χ3n) is 2.66. The number of hydrogen-bond acceptors (Lipinski definition) is 3. The van der Waals surface area contributed by atoms with Crippen molar-refractivity contribution in [3.05, 3.63) is 32.1 Å². The molecule has 1 N–H and O–H groups in total. The summed E-state index contributed by atoms with van der Waals surface area (Å²) in [6.45, 7) is 8.01. The number of fused-ring (bicyclic) bond motifs is 1. The molecule has 0 amide bonds. The van der Waals surface area contributed by atoms with Crippen LogP contribution in [0.15, 0.2) is 9.59 Å². The van der Waals surface area contributed by atoms with Crippen LogP contribution in [0.25, 0.3) is 0 Å². The summed E-state index contributed by atoms with van der Waals surface area (Å²) >= 11 is 0. The molecule has 1 aromatic heterocycles. The Hall–Kier alpha value is -1.36. The summed E-state index contributed by atoms with van der Waals surface area (Å²) in [5, 5.41) is 0. The predicted octanol–water partition coefficient (Wildman–Crippen LogP) is 0.724. The Morgan fingerprint density at radius 3 is 2.28 bits per heavy atom. The van der Waals surface area contributed by atoms with E-state index in [4.69, 9.17) is 0 Å². The van der Waals surface area contributed by atoms with Gasteiger partial charge in [-0.05, 0) is 13.0 Å². The van der Waals surface area contributed by atoms with E-state index in [1.807, 2.05) is 7.05 Å². The lowest BCUT2D eigenvalue weighted by Crippen LogP contribution is -2.41. The molecule has 0 bridgehead atoms. The number of aromatic nitrogens is 2. The van der Waals surface area contributed by atoms with Crippen molar-refractivity contribution in [1.82, 2.24) is 14.5 Å². The molecule has 2 heterocycles. The van der Waals surface area contributed by atoms with Gasteiger partial charge in [-0.3, -0.25) is 9.36 Å². The topological polar surface area (TPSA) is 58.1 Å². The van der Waals surface area contributed by atoms with E-state index in [0.29, 0.717) is 6.54 Å². The molecule has 0 saturated heterocycles. The van der Waals surface area contributed by atoms with Crippen molar-refractivity contribution in [2.75, 3.05) is 13.6 Å². The third kappa shape index (κ3) is 3.57. The van der Waals surface area contributed by atoms with Crippen LogP contribution in [0.1, 0.15) is 32.0 Å². The number of H-pyrrole nitrogens is 1. The molecule has 5 heteroatoms. The monoisotopic (exact) mass is 253 g/mol. The lowest BCUT2D eigenvalue weighted by atomic mass is 10.1. The fraction of sp³-hybridized carbons (Fsp3) is 0.692. The molecule has 0 aliphatic carbocycles. The molecule has 0 spiro atoms. The van der Waals surface area contributed by atoms with E-state index >= 15 is 0 Å². The minimum Gasteiger partial charge on any atom is -0.311 e. The average molecular weight is 253 g/mol. The standard InChI is InChI=1S/C9H13N3O2.C4H10/c1-11-4-3-7-6(5-11)8(13)12(2)9(14)10-7;1-4(2)3/h3-5H2,1-2H3,(H,10,14);4H,1-3H3. The maximum absolute atomic E-state index is 11.7. The highest BCUT2D eigenvalue weighted by Gasteiger charge is 2.18. The minimum atomic E-state index is -0.321. The number of likely N-dealkylation sites (N-methyl/N-ethyl adjacent to an activating group) is 1. The number of nitrogens with zero attached hydrogens (tertiary/aromatic N) is 2. The molecule has 18 heavy (non-hydrogen) atoms. The maximum atomic E-state index is 11.7. The van der Waals surface area contributed by atoms with Crippen LogP contribution in [0.4, 0.5) is 0 Å². The summed E-state index contributed by atoms with van der Waals surface area (Å²) in [6.07, 6.45) is 0.747. The van der Waals surface area contributed by atoms with Crippen LogP contribution < -0.4 is 11.2 Å². The zero-order valence-corrected chi connectivity index (χ0v) is 11.9. The Labute approximate surface area is 107 Å². The Bertz CT molecular complexity index is 511. The molecule has 1 aromatic rings. The first-order valence-corrected chi connectivity index (χ1v) is 6.32. The fourth-order valence-electron chi connectivity index (χ4n) is 1.74. The van der Waals surface area contributed by atoms with Gasteiger partial charge in [0.15, 0.2) is 0 Å². The second-order valence-electron chi connectivity index (χ2n) is 5.47. The van der Waals surface area contributed by atoms with Gasteiger partial charge in [-0.25, -0.2) is 4.79 Å². The van der Waals surface area contributed by atoms with Crippen molar-refractivity contribution in [2.45, 2.75) is 33.7 Å². The predicted molar refractivity (Wildman–Crippen MR) is 72.9 cm³/mol. The minimum absolute atomic E-state index is 0.171. The number of nitrogens with one attached hydrogen (secondary N) is 1. The summed E-state index contributed by atoms with van der Waals surface area (Å²) in [7, 11) is 3.46. The number of hydrogen-bond donors (Lipinski definition) is 1. The van der Waals surface area contributed by atoms with Gasteiger partial charge in [-0.1, -0.05) is 20.8 Å². The summed E-state index contributed by atoms with van der Waals surface area (Å²) in [5.74, 6) is 0.833. The van der Waals surface area contributed by atoms with Crippen molar-refractivity contribution < 1.29 is 0 Å². The Morgan fingerprint density at radius 2 is 1.72 bits per heavy atom. The van der Waals surface area contributed by atoms with Crippen LogP contribution in [0.2, 0.25) is 0 Å². The van der Waals surface area contributed by atoms with Gasteiger partial charge in [0.2, 0.25) is 0 Å².